The van der Waals surface area contributed by atoms with Gasteiger partial charge in [-0.25, -0.2) is 4.39 Å². The molecule has 5 heteroatoms. The van der Waals surface area contributed by atoms with Crippen LogP contribution in [-0.4, -0.2) is 18.5 Å². The van der Waals surface area contributed by atoms with Crippen molar-refractivity contribution in [3.05, 3.63) is 47.2 Å². The molecular formula is C21H22ClFO3. The number of carbonyl (C=O) groups is 1. The molecule has 0 saturated heterocycles. The maximum absolute atomic E-state index is 14.2. The third-order valence-corrected chi connectivity index (χ3v) is 4.75. The van der Waals surface area contributed by atoms with Crippen molar-refractivity contribution in [1.29, 1.82) is 0 Å². The summed E-state index contributed by atoms with van der Waals surface area (Å²) < 4.78 is 25.6. The molecule has 0 spiro atoms. The third-order valence-electron chi connectivity index (χ3n) is 4.45. The quantitative estimate of drug-likeness (QED) is 0.636. The Labute approximate surface area is 158 Å². The molecule has 1 fully saturated rings. The number of benzene rings is 2. The summed E-state index contributed by atoms with van der Waals surface area (Å²) in [5.41, 5.74) is 1.08. The van der Waals surface area contributed by atoms with Crippen LogP contribution < -0.4 is 9.47 Å². The number of carbonyl (C=O) groups excluding carboxylic acids is 1. The van der Waals surface area contributed by atoms with Crippen LogP contribution in [0.3, 0.4) is 0 Å². The number of rotatable bonds is 7. The van der Waals surface area contributed by atoms with E-state index < -0.39 is 0 Å². The Kier molecular flexibility index (Phi) is 5.52. The molecule has 0 N–H and O–H groups in total. The smallest absolute Gasteiger partial charge is 0.137 e. The van der Waals surface area contributed by atoms with E-state index in [-0.39, 0.29) is 29.5 Å². The first-order valence-electron chi connectivity index (χ1n) is 8.74. The van der Waals surface area contributed by atoms with Crippen LogP contribution in [0.5, 0.6) is 11.5 Å². The number of Topliss-reactive ketones (excluding diaryl/α,β-unsaturated/α-hetero) is 1. The van der Waals surface area contributed by atoms with Crippen LogP contribution in [0.2, 0.25) is 5.02 Å². The lowest BCUT2D eigenvalue weighted by atomic mass is 10.0. The van der Waals surface area contributed by atoms with Gasteiger partial charge in [-0.1, -0.05) is 17.7 Å². The molecule has 0 radical (unpaired) electrons. The molecule has 1 aliphatic carbocycles. The Balaban J connectivity index is 1.74. The van der Waals surface area contributed by atoms with E-state index in [1.54, 1.807) is 37.3 Å². The van der Waals surface area contributed by atoms with Gasteiger partial charge in [-0.05, 0) is 63.1 Å². The van der Waals surface area contributed by atoms with Crippen molar-refractivity contribution in [1.82, 2.24) is 0 Å². The van der Waals surface area contributed by atoms with Gasteiger partial charge in [0.1, 0.15) is 23.1 Å². The number of halogens is 2. The molecule has 1 aliphatic rings. The second kappa shape index (κ2) is 7.67. The molecule has 2 unspecified atom stereocenters. The first-order chi connectivity index (χ1) is 12.3. The zero-order valence-corrected chi connectivity index (χ0v) is 15.8. The van der Waals surface area contributed by atoms with Crippen LogP contribution >= 0.6 is 11.6 Å². The van der Waals surface area contributed by atoms with E-state index in [2.05, 4.69) is 0 Å². The van der Waals surface area contributed by atoms with Gasteiger partial charge in [0.25, 0.3) is 0 Å². The monoisotopic (exact) mass is 376 g/mol. The van der Waals surface area contributed by atoms with Gasteiger partial charge in [-0.15, -0.1) is 0 Å². The van der Waals surface area contributed by atoms with E-state index in [1.807, 2.05) is 13.8 Å². The molecule has 0 bridgehead atoms. The SMILES string of the molecule is CC(=O)C1CC1COc1ccc(-c2cc(OC(C)C)ccc2F)cc1Cl. The highest BCUT2D eigenvalue weighted by molar-refractivity contribution is 6.32. The van der Waals surface area contributed by atoms with E-state index in [4.69, 9.17) is 21.1 Å². The van der Waals surface area contributed by atoms with Gasteiger partial charge < -0.3 is 9.47 Å². The molecule has 3 rings (SSSR count). The van der Waals surface area contributed by atoms with Crippen LogP contribution in [0.25, 0.3) is 11.1 Å². The van der Waals surface area contributed by atoms with Gasteiger partial charge in [0.05, 0.1) is 17.7 Å². The van der Waals surface area contributed by atoms with E-state index >= 15 is 0 Å². The van der Waals surface area contributed by atoms with Crippen molar-refractivity contribution in [2.45, 2.75) is 33.3 Å². The largest absolute Gasteiger partial charge is 0.492 e. The number of ketones is 1. The molecule has 0 aromatic heterocycles. The molecule has 0 heterocycles. The highest BCUT2D eigenvalue weighted by Gasteiger charge is 2.41. The molecule has 2 aromatic carbocycles. The van der Waals surface area contributed by atoms with E-state index in [0.29, 0.717) is 34.3 Å². The molecule has 26 heavy (non-hydrogen) atoms. The summed E-state index contributed by atoms with van der Waals surface area (Å²) >= 11 is 6.31. The van der Waals surface area contributed by atoms with Crippen LogP contribution in [-0.2, 0) is 4.79 Å². The van der Waals surface area contributed by atoms with Crippen LogP contribution in [0.1, 0.15) is 27.2 Å². The Morgan fingerprint density at radius 1 is 1.27 bits per heavy atom. The number of hydrogen-bond acceptors (Lipinski definition) is 3. The first kappa shape index (κ1) is 18.7. The molecule has 1 saturated carbocycles. The maximum Gasteiger partial charge on any atom is 0.137 e. The van der Waals surface area contributed by atoms with Gasteiger partial charge in [-0.3, -0.25) is 4.79 Å². The molecule has 2 atom stereocenters. The van der Waals surface area contributed by atoms with Crippen LogP contribution in [0.4, 0.5) is 4.39 Å². The number of ether oxygens (including phenoxy) is 2. The van der Waals surface area contributed by atoms with Gasteiger partial charge in [0.2, 0.25) is 0 Å². The summed E-state index contributed by atoms with van der Waals surface area (Å²) in [6.45, 7) is 5.92. The maximum atomic E-state index is 14.2. The fourth-order valence-electron chi connectivity index (χ4n) is 2.98. The Hall–Kier alpha value is -2.07. The normalized spacial score (nSPS) is 18.7. The minimum atomic E-state index is -0.340. The van der Waals surface area contributed by atoms with Crippen LogP contribution in [0, 0.1) is 17.7 Å². The summed E-state index contributed by atoms with van der Waals surface area (Å²) in [5, 5.41) is 0.414. The summed E-state index contributed by atoms with van der Waals surface area (Å²) in [7, 11) is 0. The fourth-order valence-corrected chi connectivity index (χ4v) is 3.22. The number of hydrogen-bond donors (Lipinski definition) is 0. The predicted molar refractivity (Wildman–Crippen MR) is 100 cm³/mol. The predicted octanol–water partition coefficient (Wildman–Crippen LogP) is 5.54. The van der Waals surface area contributed by atoms with Gasteiger partial charge >= 0.3 is 0 Å². The van der Waals surface area contributed by atoms with E-state index in [0.717, 1.165) is 6.42 Å². The minimum absolute atomic E-state index is 0.00827. The zero-order chi connectivity index (χ0) is 18.8. The summed E-state index contributed by atoms with van der Waals surface area (Å²) in [5.74, 6) is 1.40. The molecule has 3 nitrogen and oxygen atoms in total. The van der Waals surface area contributed by atoms with Crippen molar-refractivity contribution in [3.8, 4) is 22.6 Å². The fraction of sp³-hybridized carbons (Fsp3) is 0.381. The highest BCUT2D eigenvalue weighted by Crippen LogP contribution is 2.40. The second-order valence-electron chi connectivity index (χ2n) is 6.98. The van der Waals surface area contributed by atoms with Crippen molar-refractivity contribution in [2.75, 3.05) is 6.61 Å². The van der Waals surface area contributed by atoms with Gasteiger partial charge in [0, 0.05) is 17.4 Å². The Bertz CT molecular complexity index is 819. The van der Waals surface area contributed by atoms with Crippen molar-refractivity contribution < 1.29 is 18.7 Å². The lowest BCUT2D eigenvalue weighted by molar-refractivity contribution is -0.118. The molecule has 0 amide bonds. The zero-order valence-electron chi connectivity index (χ0n) is 15.1. The molecule has 2 aromatic rings. The lowest BCUT2D eigenvalue weighted by Crippen LogP contribution is -2.05. The van der Waals surface area contributed by atoms with E-state index in [9.17, 15) is 9.18 Å². The second-order valence-corrected chi connectivity index (χ2v) is 7.38. The Morgan fingerprint density at radius 3 is 2.65 bits per heavy atom. The minimum Gasteiger partial charge on any atom is -0.492 e. The average molecular weight is 377 g/mol. The van der Waals surface area contributed by atoms with Crippen molar-refractivity contribution in [2.24, 2.45) is 11.8 Å². The molecule has 0 aliphatic heterocycles. The molecular weight excluding hydrogens is 355 g/mol. The molecule has 138 valence electrons. The standard InChI is InChI=1S/C21H22ClFO3/c1-12(2)26-16-5-6-20(23)18(10-16)14-4-7-21(19(22)9-14)25-11-15-8-17(15)13(3)24/h4-7,9-10,12,15,17H,8,11H2,1-3H3. The van der Waals surface area contributed by atoms with Gasteiger partial charge in [0.15, 0.2) is 0 Å². The summed E-state index contributed by atoms with van der Waals surface area (Å²) in [6, 6.07) is 9.86. The third kappa shape index (κ3) is 4.36. The van der Waals surface area contributed by atoms with E-state index in [1.165, 1.54) is 6.07 Å². The highest BCUT2D eigenvalue weighted by atomic mass is 35.5. The first-order valence-corrected chi connectivity index (χ1v) is 9.12. The van der Waals surface area contributed by atoms with Crippen molar-refractivity contribution >= 4 is 17.4 Å². The topological polar surface area (TPSA) is 35.5 Å². The summed E-state index contributed by atoms with van der Waals surface area (Å²) in [6.07, 6.45) is 0.882. The van der Waals surface area contributed by atoms with Crippen LogP contribution in [0.15, 0.2) is 36.4 Å². The average Bonchev–Trinajstić information content (AvgIpc) is 3.35. The Morgan fingerprint density at radius 2 is 2.04 bits per heavy atom. The van der Waals surface area contributed by atoms with Crippen molar-refractivity contribution in [3.63, 3.8) is 0 Å². The summed E-state index contributed by atoms with van der Waals surface area (Å²) in [4.78, 5) is 11.3. The lowest BCUT2D eigenvalue weighted by Gasteiger charge is -2.13. The van der Waals surface area contributed by atoms with Gasteiger partial charge in [-0.2, -0.15) is 0 Å².